The fraction of sp³-hybridized carbons (Fsp3) is 0.190. The molecule has 142 valence electrons. The summed E-state index contributed by atoms with van der Waals surface area (Å²) in [5, 5.41) is 8.24. The molecule has 4 rings (SSSR count). The number of benzene rings is 2. The second-order valence-electron chi connectivity index (χ2n) is 6.49. The normalized spacial score (nSPS) is 13.0. The number of carbonyl (C=O) groups is 1. The van der Waals surface area contributed by atoms with Crippen molar-refractivity contribution in [1.82, 2.24) is 15.0 Å². The third-order valence-corrected chi connectivity index (χ3v) is 5.39. The van der Waals surface area contributed by atoms with Crippen LogP contribution in [0, 0.1) is 5.82 Å². The third kappa shape index (κ3) is 3.99. The first-order valence-corrected chi connectivity index (χ1v) is 9.97. The lowest BCUT2D eigenvalue weighted by atomic mass is 10.0. The molecule has 1 aliphatic rings. The summed E-state index contributed by atoms with van der Waals surface area (Å²) in [6, 6.07) is 15.0. The van der Waals surface area contributed by atoms with Crippen molar-refractivity contribution in [1.29, 1.82) is 0 Å². The summed E-state index contributed by atoms with van der Waals surface area (Å²) < 4.78 is 15.9. The van der Waals surface area contributed by atoms with Gasteiger partial charge in [-0.1, -0.05) is 48.2 Å². The second kappa shape index (κ2) is 7.98. The number of hydrogen-bond donors (Lipinski definition) is 1. The first-order chi connectivity index (χ1) is 13.6. The maximum Gasteiger partial charge on any atom is 0.216 e. The second-order valence-corrected chi connectivity index (χ2v) is 7.44. The number of rotatable bonds is 5. The Hall–Kier alpha value is -2.93. The van der Waals surface area contributed by atoms with Crippen LogP contribution in [0.5, 0.6) is 0 Å². The van der Waals surface area contributed by atoms with Crippen LogP contribution in [0.3, 0.4) is 0 Å². The molecule has 0 unspecified atom stereocenters. The number of carbonyl (C=O) groups excluding carboxylic acids is 1. The van der Waals surface area contributed by atoms with E-state index in [1.165, 1.54) is 13.0 Å². The van der Waals surface area contributed by atoms with E-state index >= 15 is 0 Å². The van der Waals surface area contributed by atoms with E-state index in [2.05, 4.69) is 10.3 Å². The molecule has 0 bridgehead atoms. The third-order valence-electron chi connectivity index (χ3n) is 4.44. The number of amides is 1. The van der Waals surface area contributed by atoms with E-state index in [1.54, 1.807) is 22.5 Å². The lowest BCUT2D eigenvalue weighted by Gasteiger charge is -2.14. The molecule has 0 atom stereocenters. The van der Waals surface area contributed by atoms with Crippen molar-refractivity contribution in [2.45, 2.75) is 18.5 Å². The number of halogens is 1. The Morgan fingerprint density at radius 1 is 1.21 bits per heavy atom. The minimum absolute atomic E-state index is 0.119. The molecule has 5 nitrogen and oxygen atoms in total. The number of nitrogens with one attached hydrogen (secondary N) is 1. The van der Waals surface area contributed by atoms with Gasteiger partial charge in [0, 0.05) is 24.8 Å². The monoisotopic (exact) mass is 394 g/mol. The van der Waals surface area contributed by atoms with E-state index in [0.717, 1.165) is 27.7 Å². The smallest absolute Gasteiger partial charge is 0.216 e. The van der Waals surface area contributed by atoms with Crippen LogP contribution in [0.4, 0.5) is 4.39 Å². The summed E-state index contributed by atoms with van der Waals surface area (Å²) in [6.45, 7) is 1.86. The predicted octanol–water partition coefficient (Wildman–Crippen LogP) is 3.73. The molecule has 1 aliphatic heterocycles. The number of aromatic nitrogens is 2. The van der Waals surface area contributed by atoms with E-state index in [1.807, 2.05) is 42.6 Å². The van der Waals surface area contributed by atoms with Crippen molar-refractivity contribution in [3.63, 3.8) is 0 Å². The van der Waals surface area contributed by atoms with Crippen LogP contribution in [-0.2, 0) is 11.2 Å². The maximum atomic E-state index is 14.1. The van der Waals surface area contributed by atoms with Gasteiger partial charge in [0.1, 0.15) is 5.82 Å². The highest BCUT2D eigenvalue weighted by atomic mass is 32.2. The molecule has 1 aromatic heterocycles. The molecule has 0 aliphatic carbocycles. The fourth-order valence-electron chi connectivity index (χ4n) is 3.02. The number of hydrogen-bond acceptors (Lipinski definition) is 4. The Labute approximate surface area is 166 Å². The lowest BCUT2D eigenvalue weighted by molar-refractivity contribution is -0.118. The Kier molecular flexibility index (Phi) is 5.25. The molecule has 1 N–H and O–H groups in total. The summed E-state index contributed by atoms with van der Waals surface area (Å²) in [5.74, 6) is 0.279. The van der Waals surface area contributed by atoms with Crippen molar-refractivity contribution >= 4 is 23.4 Å². The van der Waals surface area contributed by atoms with E-state index in [0.29, 0.717) is 24.3 Å². The minimum atomic E-state index is -0.271. The van der Waals surface area contributed by atoms with Crippen molar-refractivity contribution in [3.8, 4) is 11.3 Å². The molecule has 7 heteroatoms. The number of fused-ring (bicyclic) bond motifs is 1. The molecule has 1 amide bonds. The Morgan fingerprint density at radius 2 is 2.04 bits per heavy atom. The van der Waals surface area contributed by atoms with Gasteiger partial charge in [0.25, 0.3) is 0 Å². The molecule has 0 spiro atoms. The first-order valence-electron chi connectivity index (χ1n) is 8.99. The average molecular weight is 394 g/mol. The quantitative estimate of drug-likeness (QED) is 0.717. The highest BCUT2D eigenvalue weighted by Gasteiger charge is 2.18. The zero-order chi connectivity index (χ0) is 19.5. The summed E-state index contributed by atoms with van der Waals surface area (Å²) >= 11 is 1.61. The molecule has 2 aromatic carbocycles. The van der Waals surface area contributed by atoms with Crippen molar-refractivity contribution in [2.75, 3.05) is 12.3 Å². The van der Waals surface area contributed by atoms with E-state index in [9.17, 15) is 9.18 Å². The van der Waals surface area contributed by atoms with Crippen molar-refractivity contribution < 1.29 is 9.18 Å². The molecule has 3 aromatic rings. The van der Waals surface area contributed by atoms with Gasteiger partial charge < -0.3 is 5.32 Å². The topological polar surface area (TPSA) is 59.3 Å². The lowest BCUT2D eigenvalue weighted by Crippen LogP contribution is -2.23. The summed E-state index contributed by atoms with van der Waals surface area (Å²) in [7, 11) is 0. The molecule has 0 saturated heterocycles. The molecule has 2 heterocycles. The largest absolute Gasteiger partial charge is 0.356 e. The van der Waals surface area contributed by atoms with Gasteiger partial charge in [-0.3, -0.25) is 4.79 Å². The average Bonchev–Trinajstić information content (AvgIpc) is 3.13. The van der Waals surface area contributed by atoms with Gasteiger partial charge in [0.05, 0.1) is 17.6 Å². The standard InChI is InChI=1S/C21H19FN4OS/c1-14(27)23-10-9-16-11-17(7-8-18(16)22)20-13-28-21-24-19(12-26(21)25-20)15-5-3-2-4-6-15/h2-8,11-12H,9-10,13H2,1H3,(H,23,27). The SMILES string of the molecule is CC(=O)NCCc1cc(C2=Nn3cc(-c4ccccc4)nc3SC2)ccc1F. The van der Waals surface area contributed by atoms with Gasteiger partial charge in [-0.25, -0.2) is 14.1 Å². The highest BCUT2D eigenvalue weighted by Crippen LogP contribution is 2.28. The maximum absolute atomic E-state index is 14.1. The Balaban J connectivity index is 1.59. The molecular formula is C21H19FN4OS. The zero-order valence-corrected chi connectivity index (χ0v) is 16.2. The van der Waals surface area contributed by atoms with Gasteiger partial charge in [0.2, 0.25) is 5.91 Å². The van der Waals surface area contributed by atoms with E-state index in [4.69, 9.17) is 5.10 Å². The van der Waals surface area contributed by atoms with Gasteiger partial charge in [0.15, 0.2) is 5.16 Å². The number of thioether (sulfide) groups is 1. The predicted molar refractivity (Wildman–Crippen MR) is 109 cm³/mol. The number of nitrogens with zero attached hydrogens (tertiary/aromatic N) is 3. The van der Waals surface area contributed by atoms with Crippen LogP contribution in [0.25, 0.3) is 11.3 Å². The van der Waals surface area contributed by atoms with Crippen LogP contribution < -0.4 is 5.32 Å². The fourth-order valence-corrected chi connectivity index (χ4v) is 3.90. The molecule has 0 radical (unpaired) electrons. The van der Waals surface area contributed by atoms with Crippen LogP contribution in [-0.4, -0.2) is 33.6 Å². The van der Waals surface area contributed by atoms with Gasteiger partial charge >= 0.3 is 0 Å². The Bertz CT molecular complexity index is 1050. The van der Waals surface area contributed by atoms with Crippen LogP contribution in [0.15, 0.2) is 65.0 Å². The van der Waals surface area contributed by atoms with Gasteiger partial charge in [-0.15, -0.1) is 0 Å². The van der Waals surface area contributed by atoms with Crippen LogP contribution in [0.2, 0.25) is 0 Å². The Morgan fingerprint density at radius 3 is 2.82 bits per heavy atom. The number of imidazole rings is 1. The molecular weight excluding hydrogens is 375 g/mol. The zero-order valence-electron chi connectivity index (χ0n) is 15.4. The summed E-state index contributed by atoms with van der Waals surface area (Å²) in [6.07, 6.45) is 2.35. The van der Waals surface area contributed by atoms with Gasteiger partial charge in [-0.2, -0.15) is 5.10 Å². The summed E-state index contributed by atoms with van der Waals surface area (Å²) in [5.41, 5.74) is 4.25. The highest BCUT2D eigenvalue weighted by molar-refractivity contribution is 7.99. The molecule has 0 fully saturated rings. The van der Waals surface area contributed by atoms with Gasteiger partial charge in [-0.05, 0) is 29.7 Å². The van der Waals surface area contributed by atoms with E-state index in [-0.39, 0.29) is 11.7 Å². The van der Waals surface area contributed by atoms with Crippen molar-refractivity contribution in [2.24, 2.45) is 5.10 Å². The van der Waals surface area contributed by atoms with Crippen molar-refractivity contribution in [3.05, 3.63) is 71.7 Å². The first kappa shape index (κ1) is 18.4. The van der Waals surface area contributed by atoms with Crippen LogP contribution >= 0.6 is 11.8 Å². The van der Waals surface area contributed by atoms with E-state index < -0.39 is 0 Å². The molecule has 0 saturated carbocycles. The van der Waals surface area contributed by atoms with Crippen LogP contribution in [0.1, 0.15) is 18.1 Å². The summed E-state index contributed by atoms with van der Waals surface area (Å²) in [4.78, 5) is 15.7. The molecule has 28 heavy (non-hydrogen) atoms. The minimum Gasteiger partial charge on any atom is -0.356 e.